The molecule has 0 fully saturated rings. The second-order valence-electron chi connectivity index (χ2n) is 5.49. The van der Waals surface area contributed by atoms with Crippen molar-refractivity contribution in [2.75, 3.05) is 0 Å². The molecular weight excluding hydrogens is 268 g/mol. The van der Waals surface area contributed by atoms with Gasteiger partial charge in [-0.1, -0.05) is 32.9 Å². The van der Waals surface area contributed by atoms with E-state index < -0.39 is 0 Å². The first kappa shape index (κ1) is 15.0. The van der Waals surface area contributed by atoms with Gasteiger partial charge in [-0.3, -0.25) is 0 Å². The van der Waals surface area contributed by atoms with E-state index >= 15 is 0 Å². The molecule has 2 N–H and O–H groups in total. The lowest BCUT2D eigenvalue weighted by Crippen LogP contribution is -2.15. The van der Waals surface area contributed by atoms with Gasteiger partial charge in [0.05, 0.1) is 5.69 Å². The molecule has 0 saturated carbocycles. The van der Waals surface area contributed by atoms with E-state index in [2.05, 4.69) is 37.9 Å². The molecule has 0 aliphatic rings. The van der Waals surface area contributed by atoms with Crippen molar-refractivity contribution in [3.8, 4) is 5.75 Å². The highest BCUT2D eigenvalue weighted by Gasteiger charge is 2.17. The lowest BCUT2D eigenvalue weighted by molar-refractivity contribution is 0.301. The molecular formula is C16H22N2OS. The molecule has 0 bridgehead atoms. The molecule has 0 aliphatic carbocycles. The van der Waals surface area contributed by atoms with Crippen LogP contribution < -0.4 is 10.5 Å². The van der Waals surface area contributed by atoms with E-state index in [1.54, 1.807) is 11.3 Å². The summed E-state index contributed by atoms with van der Waals surface area (Å²) >= 11 is 1.58. The normalized spacial score (nSPS) is 11.6. The van der Waals surface area contributed by atoms with Gasteiger partial charge in [0.2, 0.25) is 0 Å². The smallest absolute Gasteiger partial charge is 0.131 e. The van der Waals surface area contributed by atoms with Gasteiger partial charge in [0.25, 0.3) is 0 Å². The van der Waals surface area contributed by atoms with Crippen molar-refractivity contribution in [2.45, 2.75) is 45.8 Å². The van der Waals surface area contributed by atoms with Crippen LogP contribution in [0.5, 0.6) is 5.75 Å². The van der Waals surface area contributed by atoms with Crippen LogP contribution in [0.15, 0.2) is 29.6 Å². The summed E-state index contributed by atoms with van der Waals surface area (Å²) < 4.78 is 5.75. The summed E-state index contributed by atoms with van der Waals surface area (Å²) in [6, 6.07) is 8.35. The summed E-state index contributed by atoms with van der Waals surface area (Å²) in [6.07, 6.45) is 1.12. The highest BCUT2D eigenvalue weighted by Crippen LogP contribution is 2.28. The average Bonchev–Trinajstić information content (AvgIpc) is 2.93. The van der Waals surface area contributed by atoms with Crippen molar-refractivity contribution in [1.82, 2.24) is 4.98 Å². The molecule has 0 atom stereocenters. The van der Waals surface area contributed by atoms with Crippen LogP contribution >= 0.6 is 11.3 Å². The van der Waals surface area contributed by atoms with Crippen LogP contribution in [-0.2, 0) is 18.6 Å². The van der Waals surface area contributed by atoms with Crippen molar-refractivity contribution in [3.05, 3.63) is 45.9 Å². The molecule has 0 unspecified atom stereocenters. The Balaban J connectivity index is 1.97. The van der Waals surface area contributed by atoms with E-state index in [4.69, 9.17) is 10.5 Å². The third-order valence-electron chi connectivity index (χ3n) is 3.68. The van der Waals surface area contributed by atoms with E-state index in [1.807, 2.05) is 17.5 Å². The van der Waals surface area contributed by atoms with Crippen LogP contribution in [0.1, 0.15) is 43.5 Å². The van der Waals surface area contributed by atoms with Crippen LogP contribution in [0, 0.1) is 0 Å². The van der Waals surface area contributed by atoms with Gasteiger partial charge in [-0.25, -0.2) is 4.98 Å². The second-order valence-corrected chi connectivity index (χ2v) is 6.43. The molecule has 2 aromatic rings. The highest BCUT2D eigenvalue weighted by atomic mass is 32.1. The molecule has 1 aromatic heterocycles. The lowest BCUT2D eigenvalue weighted by atomic mass is 9.82. The molecule has 3 nitrogen and oxygen atoms in total. The average molecular weight is 290 g/mol. The molecule has 4 heteroatoms. The summed E-state index contributed by atoms with van der Waals surface area (Å²) in [5, 5.41) is 2.94. The zero-order chi connectivity index (χ0) is 14.6. The van der Waals surface area contributed by atoms with Crippen molar-refractivity contribution < 1.29 is 4.74 Å². The third-order valence-corrected chi connectivity index (χ3v) is 4.60. The number of hydrogen-bond donors (Lipinski definition) is 1. The minimum Gasteiger partial charge on any atom is -0.487 e. The molecule has 0 saturated heterocycles. The number of hydrogen-bond acceptors (Lipinski definition) is 4. The zero-order valence-electron chi connectivity index (χ0n) is 12.3. The maximum Gasteiger partial charge on any atom is 0.131 e. The Morgan fingerprint density at radius 2 is 1.95 bits per heavy atom. The van der Waals surface area contributed by atoms with Gasteiger partial charge in [-0.15, -0.1) is 11.3 Å². The molecule has 1 aromatic carbocycles. The fourth-order valence-corrected chi connectivity index (χ4v) is 2.53. The van der Waals surface area contributed by atoms with Gasteiger partial charge < -0.3 is 10.5 Å². The van der Waals surface area contributed by atoms with Gasteiger partial charge in [0, 0.05) is 11.9 Å². The summed E-state index contributed by atoms with van der Waals surface area (Å²) in [5.74, 6) is 0.878. The Morgan fingerprint density at radius 3 is 2.50 bits per heavy atom. The van der Waals surface area contributed by atoms with E-state index in [0.717, 1.165) is 22.9 Å². The molecule has 0 aliphatic heterocycles. The van der Waals surface area contributed by atoms with E-state index in [0.29, 0.717) is 13.2 Å². The van der Waals surface area contributed by atoms with Crippen molar-refractivity contribution in [2.24, 2.45) is 5.73 Å². The number of aromatic nitrogens is 1. The predicted molar refractivity (Wildman–Crippen MR) is 84.1 cm³/mol. The topological polar surface area (TPSA) is 48.1 Å². The monoisotopic (exact) mass is 290 g/mol. The van der Waals surface area contributed by atoms with E-state index in [-0.39, 0.29) is 5.41 Å². The van der Waals surface area contributed by atoms with Gasteiger partial charge >= 0.3 is 0 Å². The number of nitrogens with zero attached hydrogens (tertiary/aromatic N) is 1. The van der Waals surface area contributed by atoms with Gasteiger partial charge in [0.15, 0.2) is 0 Å². The molecule has 108 valence electrons. The summed E-state index contributed by atoms with van der Waals surface area (Å²) in [6.45, 7) is 7.71. The van der Waals surface area contributed by atoms with Crippen LogP contribution in [0.3, 0.4) is 0 Å². The first-order chi connectivity index (χ1) is 9.55. The van der Waals surface area contributed by atoms with Gasteiger partial charge in [0.1, 0.15) is 17.4 Å². The molecule has 20 heavy (non-hydrogen) atoms. The fourth-order valence-electron chi connectivity index (χ4n) is 1.87. The summed E-state index contributed by atoms with van der Waals surface area (Å²) in [5.41, 5.74) is 8.04. The lowest BCUT2D eigenvalue weighted by Gasteiger charge is -2.23. The number of ether oxygens (including phenoxy) is 1. The molecule has 2 rings (SSSR count). The van der Waals surface area contributed by atoms with E-state index in [1.165, 1.54) is 5.56 Å². The Labute approximate surface area is 124 Å². The van der Waals surface area contributed by atoms with Crippen LogP contribution in [0.2, 0.25) is 0 Å². The third kappa shape index (κ3) is 3.58. The number of benzene rings is 1. The Hall–Kier alpha value is -1.39. The maximum absolute atomic E-state index is 5.75. The first-order valence-electron chi connectivity index (χ1n) is 6.92. The van der Waals surface area contributed by atoms with Crippen molar-refractivity contribution in [3.63, 3.8) is 0 Å². The Bertz CT molecular complexity index is 546. The number of thiazole rings is 1. The van der Waals surface area contributed by atoms with Crippen molar-refractivity contribution in [1.29, 1.82) is 0 Å². The van der Waals surface area contributed by atoms with Crippen molar-refractivity contribution >= 4 is 11.3 Å². The molecule has 0 radical (unpaired) electrons. The Morgan fingerprint density at radius 1 is 1.25 bits per heavy atom. The first-order valence-corrected chi connectivity index (χ1v) is 7.80. The van der Waals surface area contributed by atoms with E-state index in [9.17, 15) is 0 Å². The minimum atomic E-state index is 0.212. The highest BCUT2D eigenvalue weighted by molar-refractivity contribution is 7.09. The molecule has 0 spiro atoms. The maximum atomic E-state index is 5.75. The molecule has 0 amide bonds. The fraction of sp³-hybridized carbons (Fsp3) is 0.438. The predicted octanol–water partition coefficient (Wildman–Crippen LogP) is 3.87. The van der Waals surface area contributed by atoms with Gasteiger partial charge in [-0.05, 0) is 29.5 Å². The van der Waals surface area contributed by atoms with Crippen LogP contribution in [0.25, 0.3) is 0 Å². The zero-order valence-corrected chi connectivity index (χ0v) is 13.2. The Kier molecular flexibility index (Phi) is 4.78. The quantitative estimate of drug-likeness (QED) is 0.878. The summed E-state index contributed by atoms with van der Waals surface area (Å²) in [4.78, 5) is 4.38. The summed E-state index contributed by atoms with van der Waals surface area (Å²) in [7, 11) is 0. The SMILES string of the molecule is CCC(C)(C)c1ccc(OCc2csc(CN)n2)cc1. The van der Waals surface area contributed by atoms with Crippen LogP contribution in [-0.4, -0.2) is 4.98 Å². The van der Waals surface area contributed by atoms with Gasteiger partial charge in [-0.2, -0.15) is 0 Å². The number of rotatable bonds is 6. The minimum absolute atomic E-state index is 0.212. The largest absolute Gasteiger partial charge is 0.487 e. The molecule has 1 heterocycles. The second kappa shape index (κ2) is 6.37. The van der Waals surface area contributed by atoms with Crippen LogP contribution in [0.4, 0.5) is 0 Å². The number of nitrogens with two attached hydrogens (primary N) is 1. The standard InChI is InChI=1S/C16H22N2OS/c1-4-16(2,3)12-5-7-14(8-6-12)19-10-13-11-20-15(9-17)18-13/h5-8,11H,4,9-10,17H2,1-3H3.